The Morgan fingerprint density at radius 3 is 2.84 bits per heavy atom. The van der Waals surface area contributed by atoms with E-state index in [1.807, 2.05) is 25.1 Å². The lowest BCUT2D eigenvalue weighted by Gasteiger charge is -2.08. The maximum absolute atomic E-state index is 6.07. The molecule has 0 fully saturated rings. The summed E-state index contributed by atoms with van der Waals surface area (Å²) in [5, 5.41) is 3.80. The largest absolute Gasteiger partial charge is 0.439 e. The molecule has 4 nitrogen and oxygen atoms in total. The molecule has 0 radical (unpaired) electrons. The molecule has 0 spiro atoms. The van der Waals surface area contributed by atoms with Gasteiger partial charge in [0, 0.05) is 23.8 Å². The van der Waals surface area contributed by atoms with Gasteiger partial charge in [0.05, 0.1) is 0 Å². The number of benzene rings is 1. The van der Waals surface area contributed by atoms with Gasteiger partial charge in [-0.05, 0) is 37.1 Å². The van der Waals surface area contributed by atoms with E-state index in [0.29, 0.717) is 11.8 Å². The highest BCUT2D eigenvalue weighted by molar-refractivity contribution is 6.31. The number of ether oxygens (including phenoxy) is 1. The zero-order chi connectivity index (χ0) is 13.7. The lowest BCUT2D eigenvalue weighted by atomic mass is 10.1. The van der Waals surface area contributed by atoms with Crippen molar-refractivity contribution in [2.45, 2.75) is 20.3 Å². The van der Waals surface area contributed by atoms with Crippen LogP contribution in [0.25, 0.3) is 0 Å². The summed E-state index contributed by atoms with van der Waals surface area (Å²) in [5.41, 5.74) is 1.06. The lowest BCUT2D eigenvalue weighted by molar-refractivity contribution is 0.462. The highest BCUT2D eigenvalue weighted by Gasteiger charge is 2.04. The van der Waals surface area contributed by atoms with Gasteiger partial charge in [-0.25, -0.2) is 4.98 Å². The number of rotatable bonds is 5. The second-order valence-corrected chi connectivity index (χ2v) is 4.36. The fourth-order valence-corrected chi connectivity index (χ4v) is 1.90. The van der Waals surface area contributed by atoms with Crippen LogP contribution in [0.3, 0.4) is 0 Å². The smallest absolute Gasteiger partial charge is 0.225 e. The van der Waals surface area contributed by atoms with Crippen molar-refractivity contribution >= 4 is 17.5 Å². The van der Waals surface area contributed by atoms with Crippen LogP contribution < -0.4 is 10.1 Å². The molecule has 0 amide bonds. The Balaban J connectivity index is 2.18. The van der Waals surface area contributed by atoms with E-state index in [-0.39, 0.29) is 0 Å². The molecule has 0 atom stereocenters. The van der Waals surface area contributed by atoms with Crippen LogP contribution >= 0.6 is 11.6 Å². The van der Waals surface area contributed by atoms with Gasteiger partial charge in [-0.2, -0.15) is 4.98 Å². The number of halogens is 1. The minimum atomic E-state index is 0.510. The molecule has 100 valence electrons. The van der Waals surface area contributed by atoms with Gasteiger partial charge in [-0.3, -0.25) is 0 Å². The van der Waals surface area contributed by atoms with Gasteiger partial charge in [-0.1, -0.05) is 18.5 Å². The Morgan fingerprint density at radius 2 is 2.11 bits per heavy atom. The van der Waals surface area contributed by atoms with Crippen molar-refractivity contribution in [3.63, 3.8) is 0 Å². The standard InChI is InChI=1S/C14H16ClN3O/c1-3-10-9-11(5-6-12(10)15)19-13-7-8-17-14(18-13)16-4-2/h5-9H,3-4H2,1-2H3,(H,16,17,18). The topological polar surface area (TPSA) is 47.0 Å². The molecule has 0 saturated heterocycles. The molecule has 0 aliphatic heterocycles. The number of anilines is 1. The van der Waals surface area contributed by atoms with Crippen molar-refractivity contribution in [1.29, 1.82) is 0 Å². The van der Waals surface area contributed by atoms with Gasteiger partial charge >= 0.3 is 0 Å². The predicted molar refractivity (Wildman–Crippen MR) is 77.1 cm³/mol. The average molecular weight is 278 g/mol. The molecule has 0 unspecified atom stereocenters. The summed E-state index contributed by atoms with van der Waals surface area (Å²) < 4.78 is 5.71. The summed E-state index contributed by atoms with van der Waals surface area (Å²) in [5.74, 6) is 1.79. The molecular formula is C14H16ClN3O. The maximum Gasteiger partial charge on any atom is 0.225 e. The van der Waals surface area contributed by atoms with E-state index in [1.54, 1.807) is 12.3 Å². The van der Waals surface area contributed by atoms with E-state index < -0.39 is 0 Å². The van der Waals surface area contributed by atoms with Crippen LogP contribution in [-0.2, 0) is 6.42 Å². The number of aromatic nitrogens is 2. The first-order chi connectivity index (χ1) is 9.22. The van der Waals surface area contributed by atoms with Gasteiger partial charge in [0.25, 0.3) is 0 Å². The first-order valence-electron chi connectivity index (χ1n) is 6.26. The monoisotopic (exact) mass is 277 g/mol. The first-order valence-corrected chi connectivity index (χ1v) is 6.64. The molecular weight excluding hydrogens is 262 g/mol. The zero-order valence-corrected chi connectivity index (χ0v) is 11.7. The van der Waals surface area contributed by atoms with Gasteiger partial charge in [0.2, 0.25) is 11.8 Å². The highest BCUT2D eigenvalue weighted by Crippen LogP contribution is 2.26. The Bertz CT molecular complexity index is 560. The Labute approximate surface area is 117 Å². The first kappa shape index (κ1) is 13.6. The maximum atomic E-state index is 6.07. The molecule has 1 N–H and O–H groups in total. The summed E-state index contributed by atoms with van der Waals surface area (Å²) in [6, 6.07) is 7.32. The molecule has 0 aliphatic carbocycles. The van der Waals surface area contributed by atoms with E-state index in [2.05, 4.69) is 22.2 Å². The van der Waals surface area contributed by atoms with Crippen molar-refractivity contribution in [1.82, 2.24) is 9.97 Å². The number of nitrogens with one attached hydrogen (secondary N) is 1. The molecule has 1 heterocycles. The molecule has 2 rings (SSSR count). The van der Waals surface area contributed by atoms with Crippen LogP contribution in [0.4, 0.5) is 5.95 Å². The van der Waals surface area contributed by atoms with Crippen LogP contribution in [0.2, 0.25) is 5.02 Å². The van der Waals surface area contributed by atoms with Crippen molar-refractivity contribution < 1.29 is 4.74 Å². The second-order valence-electron chi connectivity index (χ2n) is 3.96. The van der Waals surface area contributed by atoms with Crippen LogP contribution in [0.1, 0.15) is 19.4 Å². The molecule has 19 heavy (non-hydrogen) atoms. The third-order valence-electron chi connectivity index (χ3n) is 2.59. The Kier molecular flexibility index (Phi) is 4.58. The predicted octanol–water partition coefficient (Wildman–Crippen LogP) is 3.92. The summed E-state index contributed by atoms with van der Waals surface area (Å²) in [6.07, 6.45) is 2.53. The molecule has 5 heteroatoms. The van der Waals surface area contributed by atoms with E-state index in [1.165, 1.54) is 0 Å². The normalized spacial score (nSPS) is 10.3. The number of aryl methyl sites for hydroxylation is 1. The highest BCUT2D eigenvalue weighted by atomic mass is 35.5. The summed E-state index contributed by atoms with van der Waals surface area (Å²) in [7, 11) is 0. The molecule has 1 aromatic heterocycles. The van der Waals surface area contributed by atoms with Crippen LogP contribution in [0.5, 0.6) is 11.6 Å². The average Bonchev–Trinajstić information content (AvgIpc) is 2.42. The van der Waals surface area contributed by atoms with Crippen molar-refractivity contribution in [3.8, 4) is 11.6 Å². The zero-order valence-electron chi connectivity index (χ0n) is 11.0. The molecule has 0 bridgehead atoms. The second kappa shape index (κ2) is 6.38. The van der Waals surface area contributed by atoms with Gasteiger partial charge in [0.15, 0.2) is 0 Å². The van der Waals surface area contributed by atoms with Crippen LogP contribution in [0, 0.1) is 0 Å². The van der Waals surface area contributed by atoms with E-state index >= 15 is 0 Å². The van der Waals surface area contributed by atoms with Crippen LogP contribution in [-0.4, -0.2) is 16.5 Å². The Hall–Kier alpha value is -1.81. The van der Waals surface area contributed by atoms with Crippen molar-refractivity contribution in [2.24, 2.45) is 0 Å². The molecule has 0 aliphatic rings. The van der Waals surface area contributed by atoms with Gasteiger partial charge in [-0.15, -0.1) is 0 Å². The molecule has 1 aromatic carbocycles. The van der Waals surface area contributed by atoms with E-state index in [4.69, 9.17) is 16.3 Å². The number of hydrogen-bond donors (Lipinski definition) is 1. The van der Waals surface area contributed by atoms with Crippen LogP contribution in [0.15, 0.2) is 30.5 Å². The Morgan fingerprint density at radius 1 is 1.26 bits per heavy atom. The lowest BCUT2D eigenvalue weighted by Crippen LogP contribution is -2.02. The van der Waals surface area contributed by atoms with Gasteiger partial charge in [0.1, 0.15) is 5.75 Å². The quantitative estimate of drug-likeness (QED) is 0.900. The fraction of sp³-hybridized carbons (Fsp3) is 0.286. The number of hydrogen-bond acceptors (Lipinski definition) is 4. The van der Waals surface area contributed by atoms with Gasteiger partial charge < -0.3 is 10.1 Å². The summed E-state index contributed by atoms with van der Waals surface area (Å²) >= 11 is 6.07. The van der Waals surface area contributed by atoms with E-state index in [0.717, 1.165) is 29.3 Å². The SMILES string of the molecule is CCNc1nccc(Oc2ccc(Cl)c(CC)c2)n1. The third kappa shape index (κ3) is 3.58. The summed E-state index contributed by atoms with van der Waals surface area (Å²) in [6.45, 7) is 4.81. The fourth-order valence-electron chi connectivity index (χ4n) is 1.65. The summed E-state index contributed by atoms with van der Waals surface area (Å²) in [4.78, 5) is 8.35. The minimum absolute atomic E-state index is 0.510. The third-order valence-corrected chi connectivity index (χ3v) is 2.95. The van der Waals surface area contributed by atoms with Crippen molar-refractivity contribution in [2.75, 3.05) is 11.9 Å². The minimum Gasteiger partial charge on any atom is -0.439 e. The molecule has 2 aromatic rings. The number of nitrogens with zero attached hydrogens (tertiary/aromatic N) is 2. The van der Waals surface area contributed by atoms with Crippen molar-refractivity contribution in [3.05, 3.63) is 41.0 Å². The van der Waals surface area contributed by atoms with E-state index in [9.17, 15) is 0 Å². The molecule has 0 saturated carbocycles.